The number of hydrogen-bond donors (Lipinski definition) is 0. The molecule has 0 radical (unpaired) electrons. The Labute approximate surface area is 136 Å². The van der Waals surface area contributed by atoms with Gasteiger partial charge in [-0.15, -0.1) is 0 Å². The highest BCUT2D eigenvalue weighted by atomic mass is 19.1. The first kappa shape index (κ1) is 16.4. The first-order valence-electron chi connectivity index (χ1n) is 8.32. The quantitative estimate of drug-likeness (QED) is 0.836. The van der Waals surface area contributed by atoms with E-state index < -0.39 is 6.17 Å². The minimum atomic E-state index is -0.951. The molecule has 0 aliphatic carbocycles. The van der Waals surface area contributed by atoms with Crippen molar-refractivity contribution in [2.75, 3.05) is 32.8 Å². The first-order chi connectivity index (χ1) is 11.1. The topological polar surface area (TPSA) is 50.6 Å². The molecule has 23 heavy (non-hydrogen) atoms. The molecule has 2 aliphatic heterocycles. The molecule has 3 heterocycles. The summed E-state index contributed by atoms with van der Waals surface area (Å²) in [6.07, 6.45) is 3.02. The molecule has 128 valence electrons. The van der Waals surface area contributed by atoms with Crippen LogP contribution in [-0.4, -0.2) is 70.3 Å². The van der Waals surface area contributed by atoms with Crippen molar-refractivity contribution in [1.82, 2.24) is 19.4 Å². The van der Waals surface area contributed by atoms with E-state index in [0.29, 0.717) is 45.4 Å². The number of halogens is 1. The number of nitrogens with zero attached hydrogens (tertiary/aromatic N) is 4. The van der Waals surface area contributed by atoms with Crippen LogP contribution >= 0.6 is 0 Å². The average molecular weight is 324 g/mol. The van der Waals surface area contributed by atoms with E-state index >= 15 is 0 Å². The molecule has 1 amide bonds. The Kier molecular flexibility index (Phi) is 4.96. The monoisotopic (exact) mass is 324 g/mol. The maximum Gasteiger partial charge on any atom is 0.240 e. The third kappa shape index (κ3) is 3.55. The van der Waals surface area contributed by atoms with Crippen LogP contribution in [0.4, 0.5) is 4.39 Å². The lowest BCUT2D eigenvalue weighted by molar-refractivity contribution is -0.140. The number of likely N-dealkylation sites (tertiary alicyclic amines) is 1. The zero-order valence-corrected chi connectivity index (χ0v) is 13.8. The lowest BCUT2D eigenvalue weighted by Gasteiger charge is -2.32. The summed E-state index contributed by atoms with van der Waals surface area (Å²) >= 11 is 0. The van der Waals surface area contributed by atoms with E-state index in [2.05, 4.69) is 23.4 Å². The summed E-state index contributed by atoms with van der Waals surface area (Å²) in [6.45, 7) is 7.30. The Morgan fingerprint density at radius 3 is 2.87 bits per heavy atom. The van der Waals surface area contributed by atoms with Crippen molar-refractivity contribution in [2.24, 2.45) is 0 Å². The molecule has 0 saturated carbocycles. The predicted octanol–water partition coefficient (Wildman–Crippen LogP) is 1.24. The van der Waals surface area contributed by atoms with Gasteiger partial charge < -0.3 is 14.2 Å². The highest BCUT2D eigenvalue weighted by molar-refractivity contribution is 5.82. The molecule has 0 spiro atoms. The number of alkyl halides is 1. The summed E-state index contributed by atoms with van der Waals surface area (Å²) in [6, 6.07) is -0.0925. The molecular formula is C16H25FN4O2. The van der Waals surface area contributed by atoms with Gasteiger partial charge in [0.15, 0.2) is 0 Å². The second-order valence-corrected chi connectivity index (χ2v) is 6.56. The molecule has 2 fully saturated rings. The molecule has 1 aromatic rings. The molecule has 2 aliphatic rings. The Morgan fingerprint density at radius 2 is 2.17 bits per heavy atom. The number of carbonyl (C=O) groups excluding carboxylic acids is 1. The number of carbonyl (C=O) groups is 1. The molecule has 0 N–H and O–H groups in total. The normalized spacial score (nSPS) is 26.2. The molecule has 3 rings (SSSR count). The standard InChI is InChI=1S/C16H25FN4O2/c1-12(2)21-4-3-18-15(21)11-20-10-13(17)9-14(20)16(22)19-5-7-23-8-6-19/h3-4,12-14H,5-11H2,1-2H3/t13-,14+/m1/s1. The lowest BCUT2D eigenvalue weighted by Crippen LogP contribution is -2.49. The first-order valence-corrected chi connectivity index (χ1v) is 8.32. The van der Waals surface area contributed by atoms with Crippen molar-refractivity contribution in [3.8, 4) is 0 Å². The van der Waals surface area contributed by atoms with E-state index in [0.717, 1.165) is 5.82 Å². The minimum absolute atomic E-state index is 0.0242. The van der Waals surface area contributed by atoms with Gasteiger partial charge in [-0.05, 0) is 13.8 Å². The van der Waals surface area contributed by atoms with Gasteiger partial charge in [0.05, 0.1) is 25.8 Å². The number of hydrogen-bond acceptors (Lipinski definition) is 4. The van der Waals surface area contributed by atoms with Gasteiger partial charge in [-0.2, -0.15) is 0 Å². The van der Waals surface area contributed by atoms with E-state index in [1.807, 2.05) is 11.1 Å². The molecule has 0 unspecified atom stereocenters. The summed E-state index contributed by atoms with van der Waals surface area (Å²) in [5, 5.41) is 0. The van der Waals surface area contributed by atoms with Crippen molar-refractivity contribution < 1.29 is 13.9 Å². The fraction of sp³-hybridized carbons (Fsp3) is 0.750. The summed E-state index contributed by atoms with van der Waals surface area (Å²) in [7, 11) is 0. The Balaban J connectivity index is 1.71. The maximum atomic E-state index is 14.0. The zero-order chi connectivity index (χ0) is 16.4. The van der Waals surface area contributed by atoms with Crippen LogP contribution < -0.4 is 0 Å². The van der Waals surface area contributed by atoms with Gasteiger partial charge in [-0.1, -0.05) is 0 Å². The van der Waals surface area contributed by atoms with Gasteiger partial charge in [0.2, 0.25) is 5.91 Å². The number of imidazole rings is 1. The highest BCUT2D eigenvalue weighted by Crippen LogP contribution is 2.25. The van der Waals surface area contributed by atoms with E-state index in [-0.39, 0.29) is 18.4 Å². The van der Waals surface area contributed by atoms with Crippen LogP contribution in [0.5, 0.6) is 0 Å². The van der Waals surface area contributed by atoms with Crippen LogP contribution in [0.15, 0.2) is 12.4 Å². The third-order valence-electron chi connectivity index (χ3n) is 4.61. The minimum Gasteiger partial charge on any atom is -0.378 e. The van der Waals surface area contributed by atoms with Crippen molar-refractivity contribution in [3.05, 3.63) is 18.2 Å². The molecule has 6 nitrogen and oxygen atoms in total. The molecule has 7 heteroatoms. The maximum absolute atomic E-state index is 14.0. The number of rotatable bonds is 4. The molecule has 1 aromatic heterocycles. The van der Waals surface area contributed by atoms with E-state index in [1.165, 1.54) is 0 Å². The second-order valence-electron chi connectivity index (χ2n) is 6.56. The molecule has 0 bridgehead atoms. The van der Waals surface area contributed by atoms with Crippen molar-refractivity contribution >= 4 is 5.91 Å². The SMILES string of the molecule is CC(C)n1ccnc1CN1C[C@H](F)C[C@H]1C(=O)N1CCOCC1. The fourth-order valence-electron chi connectivity index (χ4n) is 3.39. The predicted molar refractivity (Wildman–Crippen MR) is 83.7 cm³/mol. The van der Waals surface area contributed by atoms with Crippen LogP contribution in [-0.2, 0) is 16.1 Å². The van der Waals surface area contributed by atoms with E-state index in [4.69, 9.17) is 4.74 Å². The lowest BCUT2D eigenvalue weighted by atomic mass is 10.1. The van der Waals surface area contributed by atoms with Gasteiger partial charge in [0.25, 0.3) is 0 Å². The molecule has 2 saturated heterocycles. The van der Waals surface area contributed by atoms with Crippen LogP contribution in [0, 0.1) is 0 Å². The summed E-state index contributed by atoms with van der Waals surface area (Å²) in [5.41, 5.74) is 0. The summed E-state index contributed by atoms with van der Waals surface area (Å²) in [4.78, 5) is 20.9. The summed E-state index contributed by atoms with van der Waals surface area (Å²) < 4.78 is 21.3. The summed E-state index contributed by atoms with van der Waals surface area (Å²) in [5.74, 6) is 0.907. The molecule has 0 aromatic carbocycles. The van der Waals surface area contributed by atoms with Crippen molar-refractivity contribution in [1.29, 1.82) is 0 Å². The largest absolute Gasteiger partial charge is 0.378 e. The van der Waals surface area contributed by atoms with Crippen LogP contribution in [0.2, 0.25) is 0 Å². The number of ether oxygens (including phenoxy) is 1. The Bertz CT molecular complexity index is 542. The molecule has 2 atom stereocenters. The van der Waals surface area contributed by atoms with Gasteiger partial charge >= 0.3 is 0 Å². The number of amides is 1. The second kappa shape index (κ2) is 6.97. The van der Waals surface area contributed by atoms with Gasteiger partial charge in [-0.25, -0.2) is 9.37 Å². The Morgan fingerprint density at radius 1 is 1.43 bits per heavy atom. The van der Waals surface area contributed by atoms with Crippen LogP contribution in [0.1, 0.15) is 32.1 Å². The van der Waals surface area contributed by atoms with Gasteiger partial charge in [0.1, 0.15) is 12.0 Å². The average Bonchev–Trinajstić information content (AvgIpc) is 3.14. The third-order valence-corrected chi connectivity index (χ3v) is 4.61. The fourth-order valence-corrected chi connectivity index (χ4v) is 3.39. The van der Waals surface area contributed by atoms with Crippen LogP contribution in [0.3, 0.4) is 0 Å². The van der Waals surface area contributed by atoms with E-state index in [1.54, 1.807) is 11.1 Å². The zero-order valence-electron chi connectivity index (χ0n) is 13.8. The Hall–Kier alpha value is -1.47. The highest BCUT2D eigenvalue weighted by Gasteiger charge is 2.39. The van der Waals surface area contributed by atoms with Gasteiger partial charge in [0, 0.05) is 44.5 Å². The van der Waals surface area contributed by atoms with Crippen molar-refractivity contribution in [3.63, 3.8) is 0 Å². The van der Waals surface area contributed by atoms with E-state index in [9.17, 15) is 9.18 Å². The smallest absolute Gasteiger partial charge is 0.240 e. The van der Waals surface area contributed by atoms with Crippen molar-refractivity contribution in [2.45, 2.75) is 45.1 Å². The molecular weight excluding hydrogens is 299 g/mol. The number of aromatic nitrogens is 2. The van der Waals surface area contributed by atoms with Gasteiger partial charge in [-0.3, -0.25) is 9.69 Å². The number of morpholine rings is 1. The van der Waals surface area contributed by atoms with Crippen LogP contribution in [0.25, 0.3) is 0 Å².